The third-order valence-corrected chi connectivity index (χ3v) is 2.91. The summed E-state index contributed by atoms with van der Waals surface area (Å²) >= 11 is 0. The molecular weight excluding hydrogens is 246 g/mol. The number of nitrogens with zero attached hydrogens (tertiary/aromatic N) is 2. The van der Waals surface area contributed by atoms with E-state index >= 15 is 0 Å². The van der Waals surface area contributed by atoms with Gasteiger partial charge in [-0.3, -0.25) is 4.79 Å². The zero-order valence-electron chi connectivity index (χ0n) is 10.2. The second-order valence-corrected chi connectivity index (χ2v) is 4.46. The summed E-state index contributed by atoms with van der Waals surface area (Å²) < 4.78 is 11.0. The molecule has 0 radical (unpaired) electrons. The van der Waals surface area contributed by atoms with Crippen molar-refractivity contribution in [3.63, 3.8) is 0 Å². The largest absolute Gasteiger partial charge is 0.483 e. The minimum Gasteiger partial charge on any atom is -0.483 e. The molecule has 0 atom stereocenters. The highest BCUT2D eigenvalue weighted by Crippen LogP contribution is 2.39. The Morgan fingerprint density at radius 2 is 2.16 bits per heavy atom. The summed E-state index contributed by atoms with van der Waals surface area (Å²) in [6.07, 6.45) is 2.21. The van der Waals surface area contributed by atoms with Crippen molar-refractivity contribution in [1.82, 2.24) is 10.2 Å². The van der Waals surface area contributed by atoms with E-state index in [0.717, 1.165) is 12.8 Å². The van der Waals surface area contributed by atoms with E-state index in [4.69, 9.17) is 14.9 Å². The molecule has 1 saturated carbocycles. The van der Waals surface area contributed by atoms with Crippen LogP contribution in [0.3, 0.4) is 0 Å². The molecule has 0 spiro atoms. The van der Waals surface area contributed by atoms with Gasteiger partial charge in [0.25, 0.3) is 11.8 Å². The average molecular weight is 259 g/mol. The van der Waals surface area contributed by atoms with Crippen LogP contribution in [0, 0.1) is 0 Å². The van der Waals surface area contributed by atoms with Gasteiger partial charge in [0.15, 0.2) is 6.61 Å². The van der Waals surface area contributed by atoms with E-state index in [9.17, 15) is 4.79 Å². The number of carbonyl (C=O) groups excluding carboxylic acids is 1. The Morgan fingerprint density at radius 1 is 1.37 bits per heavy atom. The van der Waals surface area contributed by atoms with Crippen molar-refractivity contribution in [2.45, 2.75) is 25.4 Å². The van der Waals surface area contributed by atoms with Crippen molar-refractivity contribution in [3.8, 4) is 5.75 Å². The first-order chi connectivity index (χ1) is 9.24. The fraction of sp³-hybridized carbons (Fsp3) is 0.308. The number of carbonyl (C=O) groups is 1. The highest BCUT2D eigenvalue weighted by atomic mass is 16.5. The molecule has 0 saturated heterocycles. The molecule has 0 bridgehead atoms. The highest BCUT2D eigenvalue weighted by Gasteiger charge is 2.29. The topological polar surface area (TPSA) is 91.2 Å². The summed E-state index contributed by atoms with van der Waals surface area (Å²) in [5.41, 5.74) is 5.60. The minimum atomic E-state index is -0.528. The number of primary amides is 1. The van der Waals surface area contributed by atoms with Crippen LogP contribution in [0.25, 0.3) is 0 Å². The molecule has 2 N–H and O–H groups in total. The van der Waals surface area contributed by atoms with E-state index in [1.54, 1.807) is 24.3 Å². The van der Waals surface area contributed by atoms with E-state index in [-0.39, 0.29) is 6.61 Å². The number of nitrogens with two attached hydrogens (primary N) is 1. The van der Waals surface area contributed by atoms with Crippen LogP contribution in [0.1, 0.15) is 40.9 Å². The number of aromatic nitrogens is 2. The van der Waals surface area contributed by atoms with Crippen LogP contribution in [0.4, 0.5) is 0 Å². The summed E-state index contributed by atoms with van der Waals surface area (Å²) in [7, 11) is 0. The minimum absolute atomic E-state index is 0.129. The SMILES string of the molecule is NC(=O)c1ccccc1OCc1nnc(C2CC2)o1. The molecule has 1 fully saturated rings. The van der Waals surface area contributed by atoms with Gasteiger partial charge in [0.1, 0.15) is 5.75 Å². The molecule has 0 aliphatic heterocycles. The predicted molar refractivity (Wildman–Crippen MR) is 65.6 cm³/mol. The van der Waals surface area contributed by atoms with Crippen molar-refractivity contribution in [1.29, 1.82) is 0 Å². The van der Waals surface area contributed by atoms with E-state index in [0.29, 0.717) is 29.0 Å². The first-order valence-electron chi connectivity index (χ1n) is 6.08. The maximum absolute atomic E-state index is 11.2. The van der Waals surface area contributed by atoms with E-state index in [1.165, 1.54) is 0 Å². The molecule has 6 nitrogen and oxygen atoms in total. The van der Waals surface area contributed by atoms with Crippen LogP contribution < -0.4 is 10.5 Å². The Kier molecular flexibility index (Phi) is 2.91. The van der Waals surface area contributed by atoms with E-state index in [1.807, 2.05) is 0 Å². The quantitative estimate of drug-likeness (QED) is 0.881. The number of hydrogen-bond acceptors (Lipinski definition) is 5. The Morgan fingerprint density at radius 3 is 2.89 bits per heavy atom. The second kappa shape index (κ2) is 4.72. The second-order valence-electron chi connectivity index (χ2n) is 4.46. The predicted octanol–water partition coefficient (Wildman–Crippen LogP) is 1.62. The molecule has 0 unspecified atom stereocenters. The Bertz CT molecular complexity index is 605. The van der Waals surface area contributed by atoms with Gasteiger partial charge in [-0.2, -0.15) is 0 Å². The monoisotopic (exact) mass is 259 g/mol. The zero-order chi connectivity index (χ0) is 13.2. The van der Waals surface area contributed by atoms with Crippen LogP contribution >= 0.6 is 0 Å². The molecule has 6 heteroatoms. The lowest BCUT2D eigenvalue weighted by Gasteiger charge is -2.06. The summed E-state index contributed by atoms with van der Waals surface area (Å²) in [6.45, 7) is 0.129. The smallest absolute Gasteiger partial charge is 0.253 e. The van der Waals surface area contributed by atoms with Crippen LogP contribution in [-0.2, 0) is 6.61 Å². The van der Waals surface area contributed by atoms with Gasteiger partial charge in [-0.25, -0.2) is 0 Å². The Labute approximate surface area is 109 Å². The molecule has 1 aliphatic carbocycles. The first kappa shape index (κ1) is 11.7. The van der Waals surface area contributed by atoms with Crippen LogP contribution in [0.2, 0.25) is 0 Å². The molecule has 2 aromatic rings. The fourth-order valence-corrected chi connectivity index (χ4v) is 1.76. The molecule has 19 heavy (non-hydrogen) atoms. The number of ether oxygens (including phenoxy) is 1. The molecule has 98 valence electrons. The van der Waals surface area contributed by atoms with Gasteiger partial charge in [-0.1, -0.05) is 12.1 Å². The lowest BCUT2D eigenvalue weighted by atomic mass is 10.2. The number of para-hydroxylation sites is 1. The third-order valence-electron chi connectivity index (χ3n) is 2.91. The van der Waals surface area contributed by atoms with Crippen LogP contribution in [-0.4, -0.2) is 16.1 Å². The van der Waals surface area contributed by atoms with Gasteiger partial charge < -0.3 is 14.9 Å². The molecule has 1 aliphatic rings. The highest BCUT2D eigenvalue weighted by molar-refractivity contribution is 5.95. The zero-order valence-corrected chi connectivity index (χ0v) is 10.2. The first-order valence-corrected chi connectivity index (χ1v) is 6.08. The molecule has 1 amide bonds. The molecule has 1 aromatic heterocycles. The average Bonchev–Trinajstić information content (AvgIpc) is 3.16. The number of amides is 1. The van der Waals surface area contributed by atoms with Gasteiger partial charge in [-0.05, 0) is 25.0 Å². The third kappa shape index (κ3) is 2.57. The normalized spacial score (nSPS) is 14.3. The maximum Gasteiger partial charge on any atom is 0.253 e. The van der Waals surface area contributed by atoms with Crippen molar-refractivity contribution in [2.75, 3.05) is 0 Å². The lowest BCUT2D eigenvalue weighted by Crippen LogP contribution is -2.12. The van der Waals surface area contributed by atoms with Crippen molar-refractivity contribution < 1.29 is 13.9 Å². The number of benzene rings is 1. The summed E-state index contributed by atoms with van der Waals surface area (Å²) in [5.74, 6) is 1.38. The molecular formula is C13H13N3O3. The van der Waals surface area contributed by atoms with Crippen LogP contribution in [0.15, 0.2) is 28.7 Å². The van der Waals surface area contributed by atoms with Gasteiger partial charge >= 0.3 is 0 Å². The summed E-state index contributed by atoms with van der Waals surface area (Å²) in [5, 5.41) is 7.87. The lowest BCUT2D eigenvalue weighted by molar-refractivity contribution is 0.0995. The van der Waals surface area contributed by atoms with E-state index in [2.05, 4.69) is 10.2 Å². The van der Waals surface area contributed by atoms with Gasteiger partial charge in [0.05, 0.1) is 5.56 Å². The Balaban J connectivity index is 1.69. The summed E-state index contributed by atoms with van der Waals surface area (Å²) in [4.78, 5) is 11.2. The fourth-order valence-electron chi connectivity index (χ4n) is 1.76. The van der Waals surface area contributed by atoms with Gasteiger partial charge in [-0.15, -0.1) is 10.2 Å². The van der Waals surface area contributed by atoms with Gasteiger partial charge in [0.2, 0.25) is 5.89 Å². The van der Waals surface area contributed by atoms with Crippen LogP contribution in [0.5, 0.6) is 5.75 Å². The molecule has 3 rings (SSSR count). The van der Waals surface area contributed by atoms with Crippen molar-refractivity contribution in [3.05, 3.63) is 41.6 Å². The Hall–Kier alpha value is -2.37. The maximum atomic E-state index is 11.2. The molecule has 1 aromatic carbocycles. The van der Waals surface area contributed by atoms with E-state index < -0.39 is 5.91 Å². The standard InChI is InChI=1S/C13H13N3O3/c14-12(17)9-3-1-2-4-10(9)18-7-11-15-16-13(19-11)8-5-6-8/h1-4,8H,5-7H2,(H2,14,17). The summed E-state index contributed by atoms with van der Waals surface area (Å²) in [6, 6.07) is 6.79. The number of hydrogen-bond donors (Lipinski definition) is 1. The number of rotatable bonds is 5. The molecule has 1 heterocycles. The van der Waals surface area contributed by atoms with Gasteiger partial charge in [0, 0.05) is 5.92 Å². The van der Waals surface area contributed by atoms with Crippen molar-refractivity contribution in [2.24, 2.45) is 5.73 Å². The van der Waals surface area contributed by atoms with Crippen molar-refractivity contribution >= 4 is 5.91 Å².